The highest BCUT2D eigenvalue weighted by atomic mass is 31.2. The Kier molecular flexibility index (Phi) is 11.3. The number of nitrogens with zero attached hydrogens (tertiary/aromatic N) is 2. The van der Waals surface area contributed by atoms with Gasteiger partial charge < -0.3 is 75.8 Å². The van der Waals surface area contributed by atoms with Crippen LogP contribution in [0.3, 0.4) is 0 Å². The number of phosphoric ester groups is 1. The summed E-state index contributed by atoms with van der Waals surface area (Å²) in [4.78, 5) is 52.5. The first-order valence-corrected chi connectivity index (χ1v) is 14.0. The maximum absolute atomic E-state index is 12.7. The number of nitrogens with one attached hydrogen (secondary N) is 2. The molecular formula is C21H32N5O16P-2. The molecule has 244 valence electrons. The lowest BCUT2D eigenvalue weighted by molar-refractivity contribution is -0.377. The van der Waals surface area contributed by atoms with Crippen LogP contribution in [0.5, 0.6) is 0 Å². The molecule has 1 amide bonds. The fourth-order valence-corrected chi connectivity index (χ4v) is 5.40. The van der Waals surface area contributed by atoms with Gasteiger partial charge in [0.2, 0.25) is 11.7 Å². The Balaban J connectivity index is 1.79. The van der Waals surface area contributed by atoms with E-state index in [9.17, 15) is 59.6 Å². The molecule has 0 aliphatic carbocycles. The quantitative estimate of drug-likeness (QED) is 0.0902. The van der Waals surface area contributed by atoms with E-state index >= 15 is 0 Å². The van der Waals surface area contributed by atoms with Gasteiger partial charge in [-0.3, -0.25) is 18.5 Å². The van der Waals surface area contributed by atoms with Crippen molar-refractivity contribution in [3.05, 3.63) is 22.7 Å². The van der Waals surface area contributed by atoms with E-state index in [0.717, 1.165) is 10.8 Å². The lowest BCUT2D eigenvalue weighted by Gasteiger charge is -2.50. The van der Waals surface area contributed by atoms with Gasteiger partial charge in [0.1, 0.15) is 48.4 Å². The fourth-order valence-electron chi connectivity index (χ4n) is 4.46. The predicted molar refractivity (Wildman–Crippen MR) is 132 cm³/mol. The molecule has 3 rings (SSSR count). The molecule has 10 N–H and O–H groups in total. The van der Waals surface area contributed by atoms with Crippen LogP contribution in [0, 0.1) is 0 Å². The second-order valence-corrected chi connectivity index (χ2v) is 11.0. The molecule has 43 heavy (non-hydrogen) atoms. The number of nitrogen functional groups attached to an aromatic ring is 1. The van der Waals surface area contributed by atoms with Crippen molar-refractivity contribution >= 4 is 25.5 Å². The normalized spacial score (nSPS) is 33.8. The van der Waals surface area contributed by atoms with Crippen molar-refractivity contribution in [2.24, 2.45) is 0 Å². The van der Waals surface area contributed by atoms with Crippen LogP contribution in [-0.4, -0.2) is 133 Å². The topological polar surface area (TPSA) is 341 Å². The van der Waals surface area contributed by atoms with Crippen molar-refractivity contribution in [3.8, 4) is 0 Å². The Morgan fingerprint density at radius 1 is 1.33 bits per heavy atom. The minimum Gasteiger partial charge on any atom is -0.756 e. The first kappa shape index (κ1) is 34.9. The van der Waals surface area contributed by atoms with Gasteiger partial charge in [0.25, 0.3) is 7.82 Å². The summed E-state index contributed by atoms with van der Waals surface area (Å²) in [5, 5.41) is 77.8. The second-order valence-electron chi connectivity index (χ2n) is 9.68. The number of carboxylic acid groups (broad SMARTS) is 1. The number of aromatic nitrogens is 2. The van der Waals surface area contributed by atoms with E-state index in [0.29, 0.717) is 0 Å². The molecule has 2 aliphatic heterocycles. The van der Waals surface area contributed by atoms with Crippen LogP contribution in [0.1, 0.15) is 12.6 Å². The van der Waals surface area contributed by atoms with Gasteiger partial charge in [0.15, 0.2) is 6.23 Å². The highest BCUT2D eigenvalue weighted by molar-refractivity contribution is 7.45. The molecule has 9 unspecified atom stereocenters. The van der Waals surface area contributed by atoms with Crippen LogP contribution in [0.4, 0.5) is 5.82 Å². The van der Waals surface area contributed by atoms with E-state index in [1.165, 1.54) is 13.1 Å². The molecule has 2 aliphatic rings. The van der Waals surface area contributed by atoms with Crippen molar-refractivity contribution in [2.45, 2.75) is 67.2 Å². The van der Waals surface area contributed by atoms with Gasteiger partial charge in [-0.15, -0.1) is 0 Å². The Bertz CT molecular complexity index is 1250. The Labute approximate surface area is 242 Å². The summed E-state index contributed by atoms with van der Waals surface area (Å²) in [6, 6.07) is -0.460. The van der Waals surface area contributed by atoms with Crippen LogP contribution in [0.15, 0.2) is 17.1 Å². The van der Waals surface area contributed by atoms with Gasteiger partial charge >= 0.3 is 5.69 Å². The van der Waals surface area contributed by atoms with E-state index in [1.807, 2.05) is 0 Å². The van der Waals surface area contributed by atoms with Crippen molar-refractivity contribution in [3.63, 3.8) is 0 Å². The number of aliphatic carboxylic acids is 1. The summed E-state index contributed by atoms with van der Waals surface area (Å²) < 4.78 is 33.3. The number of amides is 1. The number of likely N-dealkylation sites (N-methyl/N-ethyl adjacent to an activating group) is 1. The number of anilines is 1. The minimum atomic E-state index is -5.83. The van der Waals surface area contributed by atoms with E-state index in [4.69, 9.17) is 15.2 Å². The number of hydrogen-bond donors (Lipinski definition) is 9. The number of phosphoric acid groups is 1. The van der Waals surface area contributed by atoms with E-state index in [-0.39, 0.29) is 12.4 Å². The molecule has 0 bridgehead atoms. The number of carbonyl (C=O) groups is 2. The van der Waals surface area contributed by atoms with E-state index in [1.54, 1.807) is 0 Å². The third-order valence-corrected chi connectivity index (χ3v) is 7.57. The molecule has 21 nitrogen and oxygen atoms in total. The van der Waals surface area contributed by atoms with Gasteiger partial charge in [0, 0.05) is 12.6 Å². The van der Waals surface area contributed by atoms with Crippen molar-refractivity contribution in [2.75, 3.05) is 32.5 Å². The second kappa shape index (κ2) is 14.0. The van der Waals surface area contributed by atoms with Crippen molar-refractivity contribution in [1.82, 2.24) is 20.2 Å². The number of aliphatic hydroxyl groups excluding tert-OH is 6. The predicted octanol–water partition coefficient (Wildman–Crippen LogP) is -8.04. The smallest absolute Gasteiger partial charge is 0.351 e. The highest BCUT2D eigenvalue weighted by Gasteiger charge is 2.54. The fraction of sp³-hybridized carbons (Fsp3) is 0.714. The molecular weight excluding hydrogens is 609 g/mol. The Hall–Kier alpha value is -2.63. The SMILES string of the molecule is CNCC(=O)NC1C(O)CC(OP(=O)([O-])OCC2OC(n3ccc(N)nc3=O)C(O)C2O)(C(=O)[O-])OC1[C@H](O)[C@H](O)CO. The van der Waals surface area contributed by atoms with E-state index < -0.39 is 106 Å². The van der Waals surface area contributed by atoms with Gasteiger partial charge in [-0.25, -0.2) is 4.79 Å². The van der Waals surface area contributed by atoms with Gasteiger partial charge in [0.05, 0.1) is 31.9 Å². The summed E-state index contributed by atoms with van der Waals surface area (Å²) in [7, 11) is -4.42. The Morgan fingerprint density at radius 2 is 2.00 bits per heavy atom. The lowest BCUT2D eigenvalue weighted by Crippen LogP contribution is -2.69. The number of aliphatic hydroxyl groups is 6. The number of carbonyl (C=O) groups excluding carboxylic acids is 2. The zero-order valence-corrected chi connectivity index (χ0v) is 23.3. The molecule has 2 saturated heterocycles. The molecule has 0 aromatic carbocycles. The van der Waals surface area contributed by atoms with Crippen LogP contribution < -0.4 is 32.1 Å². The summed E-state index contributed by atoms with van der Waals surface area (Å²) in [5.74, 6) is -6.72. The molecule has 2 fully saturated rings. The van der Waals surface area contributed by atoms with Crippen LogP contribution in [-0.2, 0) is 32.7 Å². The molecule has 22 heteroatoms. The zero-order chi connectivity index (χ0) is 32.3. The minimum absolute atomic E-state index is 0.150. The molecule has 0 spiro atoms. The zero-order valence-electron chi connectivity index (χ0n) is 22.4. The maximum Gasteiger partial charge on any atom is 0.351 e. The summed E-state index contributed by atoms with van der Waals surface area (Å²) in [6.45, 7) is -2.50. The first-order valence-electron chi connectivity index (χ1n) is 12.6. The average molecular weight is 641 g/mol. The van der Waals surface area contributed by atoms with Gasteiger partial charge in [-0.05, 0) is 13.1 Å². The Morgan fingerprint density at radius 3 is 2.58 bits per heavy atom. The lowest BCUT2D eigenvalue weighted by atomic mass is 9.88. The number of rotatable bonds is 13. The van der Waals surface area contributed by atoms with Crippen molar-refractivity contribution in [1.29, 1.82) is 0 Å². The molecule has 3 heterocycles. The number of carboxylic acids is 1. The number of nitrogens with two attached hydrogens (primary N) is 1. The molecule has 11 atom stereocenters. The number of hydrogen-bond acceptors (Lipinski definition) is 19. The first-order chi connectivity index (χ1) is 20.1. The maximum atomic E-state index is 12.7. The third-order valence-electron chi connectivity index (χ3n) is 6.59. The standard InChI is InChI=1S/C21H34N5O16P/c1-23-5-12(30)25-13-8(28)4-21(19(34)35,41-17(13)14(31)9(29)6-27)42-43(37,38)39-7-10-15(32)16(33)18(40-10)26-3-2-11(22)24-20(26)36/h2-3,8-10,13-18,23,27-29,31-33H,4-7H2,1H3,(H,25,30)(H,34,35)(H,37,38)(H2,22,24,36)/p-2/t8?,9-,10?,13?,14-,15?,16?,17?,18?,21?/m1/s1. The largest absolute Gasteiger partial charge is 0.756 e. The van der Waals surface area contributed by atoms with Gasteiger partial charge in [-0.1, -0.05) is 0 Å². The van der Waals surface area contributed by atoms with Crippen molar-refractivity contribution < 1.29 is 73.3 Å². The third kappa shape index (κ3) is 7.91. The molecule has 0 radical (unpaired) electrons. The molecule has 1 aromatic heterocycles. The summed E-state index contributed by atoms with van der Waals surface area (Å²) in [6.07, 6.45) is -15.2. The van der Waals surface area contributed by atoms with Gasteiger partial charge in [-0.2, -0.15) is 4.98 Å². The molecule has 1 aromatic rings. The van der Waals surface area contributed by atoms with E-state index in [2.05, 4.69) is 24.7 Å². The molecule has 0 saturated carbocycles. The summed E-state index contributed by atoms with van der Waals surface area (Å²) in [5.41, 5.74) is 4.44. The monoisotopic (exact) mass is 641 g/mol. The van der Waals surface area contributed by atoms with Crippen LogP contribution in [0.2, 0.25) is 0 Å². The summed E-state index contributed by atoms with van der Waals surface area (Å²) >= 11 is 0. The highest BCUT2D eigenvalue weighted by Crippen LogP contribution is 2.48. The van der Waals surface area contributed by atoms with Crippen LogP contribution in [0.25, 0.3) is 0 Å². The average Bonchev–Trinajstić information content (AvgIpc) is 3.20. The number of ether oxygens (including phenoxy) is 2. The van der Waals surface area contributed by atoms with Crippen LogP contribution >= 0.6 is 7.82 Å².